The molecule has 0 atom stereocenters. The number of thiophene rings is 1. The van der Waals surface area contributed by atoms with Crippen molar-refractivity contribution in [1.82, 2.24) is 4.90 Å². The lowest BCUT2D eigenvalue weighted by Gasteiger charge is -2.16. The van der Waals surface area contributed by atoms with Gasteiger partial charge >= 0.3 is 5.97 Å². The second kappa shape index (κ2) is 8.16. The Hall–Kier alpha value is -1.01. The third-order valence-corrected chi connectivity index (χ3v) is 4.39. The SMILES string of the molecule is CN(CCCC(=O)O)C(=O)CSCc1cccs1. The van der Waals surface area contributed by atoms with Crippen molar-refractivity contribution < 1.29 is 14.7 Å². The smallest absolute Gasteiger partial charge is 0.303 e. The van der Waals surface area contributed by atoms with Crippen LogP contribution in [0.3, 0.4) is 0 Å². The minimum absolute atomic E-state index is 0.0574. The zero-order valence-electron chi connectivity index (χ0n) is 10.3. The lowest BCUT2D eigenvalue weighted by molar-refractivity contribution is -0.137. The number of nitrogens with zero attached hydrogens (tertiary/aromatic N) is 1. The molecule has 1 aromatic rings. The van der Waals surface area contributed by atoms with Gasteiger partial charge in [-0.1, -0.05) is 6.07 Å². The number of amides is 1. The minimum atomic E-state index is -0.817. The van der Waals surface area contributed by atoms with Crippen LogP contribution in [-0.2, 0) is 15.3 Å². The summed E-state index contributed by atoms with van der Waals surface area (Å²) >= 11 is 3.28. The van der Waals surface area contributed by atoms with Gasteiger partial charge in [-0.2, -0.15) is 0 Å². The fourth-order valence-corrected chi connectivity index (χ4v) is 3.14. The van der Waals surface area contributed by atoms with Gasteiger partial charge in [0.15, 0.2) is 0 Å². The molecule has 0 aliphatic rings. The molecule has 18 heavy (non-hydrogen) atoms. The summed E-state index contributed by atoms with van der Waals surface area (Å²) in [5.41, 5.74) is 0. The maximum Gasteiger partial charge on any atom is 0.303 e. The number of aliphatic carboxylic acids is 1. The minimum Gasteiger partial charge on any atom is -0.481 e. The molecule has 0 fully saturated rings. The van der Waals surface area contributed by atoms with Gasteiger partial charge in [-0.3, -0.25) is 9.59 Å². The average molecular weight is 287 g/mol. The van der Waals surface area contributed by atoms with Crippen LogP contribution in [0.1, 0.15) is 17.7 Å². The highest BCUT2D eigenvalue weighted by Crippen LogP contribution is 2.17. The summed E-state index contributed by atoms with van der Waals surface area (Å²) in [6.07, 6.45) is 0.618. The fourth-order valence-electron chi connectivity index (χ4n) is 1.34. The highest BCUT2D eigenvalue weighted by molar-refractivity contribution is 7.99. The first-order valence-corrected chi connectivity index (χ1v) is 7.69. The van der Waals surface area contributed by atoms with Crippen molar-refractivity contribution >= 4 is 35.0 Å². The highest BCUT2D eigenvalue weighted by Gasteiger charge is 2.09. The summed E-state index contributed by atoms with van der Waals surface area (Å²) in [4.78, 5) is 24.9. The van der Waals surface area contributed by atoms with E-state index >= 15 is 0 Å². The molecular formula is C12H17NO3S2. The largest absolute Gasteiger partial charge is 0.481 e. The number of carboxylic acid groups (broad SMARTS) is 1. The van der Waals surface area contributed by atoms with Crippen LogP contribution in [0, 0.1) is 0 Å². The predicted molar refractivity (Wildman–Crippen MR) is 75.0 cm³/mol. The number of rotatable bonds is 8. The van der Waals surface area contributed by atoms with Crippen molar-refractivity contribution in [2.45, 2.75) is 18.6 Å². The van der Waals surface area contributed by atoms with E-state index in [9.17, 15) is 9.59 Å². The molecule has 6 heteroatoms. The second-order valence-corrected chi connectivity index (χ2v) is 5.90. The van der Waals surface area contributed by atoms with E-state index in [-0.39, 0.29) is 12.3 Å². The molecule has 100 valence electrons. The molecule has 0 spiro atoms. The molecule has 1 aromatic heterocycles. The quantitative estimate of drug-likeness (QED) is 0.797. The summed E-state index contributed by atoms with van der Waals surface area (Å²) in [7, 11) is 1.72. The zero-order valence-corrected chi connectivity index (χ0v) is 11.9. The van der Waals surface area contributed by atoms with Crippen LogP contribution in [0.25, 0.3) is 0 Å². The number of hydrogen-bond donors (Lipinski definition) is 1. The Morgan fingerprint density at radius 2 is 2.28 bits per heavy atom. The standard InChI is InChI=1S/C12H17NO3S2/c1-13(6-2-5-12(15)16)11(14)9-17-8-10-4-3-7-18-10/h3-4,7H,2,5-6,8-9H2,1H3,(H,15,16). The van der Waals surface area contributed by atoms with Crippen LogP contribution < -0.4 is 0 Å². The zero-order chi connectivity index (χ0) is 13.4. The first kappa shape index (κ1) is 15.0. The lowest BCUT2D eigenvalue weighted by atomic mass is 10.3. The van der Waals surface area contributed by atoms with E-state index in [0.717, 1.165) is 5.75 Å². The molecule has 0 unspecified atom stereocenters. The second-order valence-electron chi connectivity index (χ2n) is 3.88. The molecule has 1 heterocycles. The van der Waals surface area contributed by atoms with E-state index in [1.807, 2.05) is 11.4 Å². The third-order valence-electron chi connectivity index (χ3n) is 2.36. The van der Waals surface area contributed by atoms with E-state index in [1.54, 1.807) is 35.0 Å². The van der Waals surface area contributed by atoms with Gasteiger partial charge in [-0.25, -0.2) is 0 Å². The fraction of sp³-hybridized carbons (Fsp3) is 0.500. The van der Waals surface area contributed by atoms with Crippen LogP contribution in [0.4, 0.5) is 0 Å². The van der Waals surface area contributed by atoms with Crippen molar-refractivity contribution in [3.05, 3.63) is 22.4 Å². The Kier molecular flexibility index (Phi) is 6.82. The number of carbonyl (C=O) groups is 2. The maximum atomic E-state index is 11.7. The molecular weight excluding hydrogens is 270 g/mol. The van der Waals surface area contributed by atoms with Crippen molar-refractivity contribution in [2.75, 3.05) is 19.3 Å². The maximum absolute atomic E-state index is 11.7. The Morgan fingerprint density at radius 1 is 1.50 bits per heavy atom. The Morgan fingerprint density at radius 3 is 2.89 bits per heavy atom. The van der Waals surface area contributed by atoms with Crippen LogP contribution >= 0.6 is 23.1 Å². The number of thioether (sulfide) groups is 1. The van der Waals surface area contributed by atoms with Gasteiger partial charge in [0.2, 0.25) is 5.91 Å². The lowest BCUT2D eigenvalue weighted by Crippen LogP contribution is -2.29. The number of carboxylic acids is 1. The van der Waals surface area contributed by atoms with Gasteiger partial charge in [0.05, 0.1) is 5.75 Å². The van der Waals surface area contributed by atoms with Crippen molar-refractivity contribution in [2.24, 2.45) is 0 Å². The van der Waals surface area contributed by atoms with E-state index in [4.69, 9.17) is 5.11 Å². The predicted octanol–water partition coefficient (Wildman–Crippen LogP) is 2.30. The molecule has 0 aromatic carbocycles. The van der Waals surface area contributed by atoms with E-state index < -0.39 is 5.97 Å². The van der Waals surface area contributed by atoms with Gasteiger partial charge in [0.1, 0.15) is 0 Å². The molecule has 0 bridgehead atoms. The summed E-state index contributed by atoms with van der Waals surface area (Å²) in [5.74, 6) is 0.540. The van der Waals surface area contributed by atoms with Crippen LogP contribution in [-0.4, -0.2) is 41.2 Å². The molecule has 0 saturated heterocycles. The van der Waals surface area contributed by atoms with Gasteiger partial charge in [0.25, 0.3) is 0 Å². The highest BCUT2D eigenvalue weighted by atomic mass is 32.2. The summed E-state index contributed by atoms with van der Waals surface area (Å²) in [6.45, 7) is 0.505. The first-order chi connectivity index (χ1) is 8.59. The molecule has 1 amide bonds. The van der Waals surface area contributed by atoms with E-state index in [2.05, 4.69) is 6.07 Å². The van der Waals surface area contributed by atoms with E-state index in [0.29, 0.717) is 18.7 Å². The topological polar surface area (TPSA) is 57.6 Å². The molecule has 1 rings (SSSR count). The van der Waals surface area contributed by atoms with Gasteiger partial charge in [-0.15, -0.1) is 23.1 Å². The van der Waals surface area contributed by atoms with Gasteiger partial charge < -0.3 is 10.0 Å². The van der Waals surface area contributed by atoms with Gasteiger partial charge in [0, 0.05) is 30.6 Å². The van der Waals surface area contributed by atoms with Crippen molar-refractivity contribution in [3.63, 3.8) is 0 Å². The Labute approximate surface area is 115 Å². The normalized spacial score (nSPS) is 10.3. The molecule has 0 aliphatic carbocycles. The molecule has 0 radical (unpaired) electrons. The average Bonchev–Trinajstić information content (AvgIpc) is 2.81. The van der Waals surface area contributed by atoms with Crippen LogP contribution in [0.15, 0.2) is 17.5 Å². The number of hydrogen-bond acceptors (Lipinski definition) is 4. The van der Waals surface area contributed by atoms with Crippen molar-refractivity contribution in [1.29, 1.82) is 0 Å². The van der Waals surface area contributed by atoms with Crippen molar-refractivity contribution in [3.8, 4) is 0 Å². The van der Waals surface area contributed by atoms with Gasteiger partial charge in [-0.05, 0) is 17.9 Å². The first-order valence-electron chi connectivity index (χ1n) is 5.65. The Balaban J connectivity index is 2.13. The third kappa shape index (κ3) is 6.07. The summed E-state index contributed by atoms with van der Waals surface area (Å²) in [6, 6.07) is 4.05. The Bertz CT molecular complexity index is 379. The molecule has 0 saturated carbocycles. The molecule has 1 N–H and O–H groups in total. The van der Waals surface area contributed by atoms with Crippen LogP contribution in [0.5, 0.6) is 0 Å². The summed E-state index contributed by atoms with van der Waals surface area (Å²) in [5, 5.41) is 10.5. The molecule has 0 aliphatic heterocycles. The van der Waals surface area contributed by atoms with E-state index in [1.165, 1.54) is 4.88 Å². The number of carbonyl (C=O) groups excluding carboxylic acids is 1. The van der Waals surface area contributed by atoms with Crippen LogP contribution in [0.2, 0.25) is 0 Å². The summed E-state index contributed by atoms with van der Waals surface area (Å²) < 4.78 is 0. The monoisotopic (exact) mass is 287 g/mol. The molecule has 4 nitrogen and oxygen atoms in total.